The highest BCUT2D eigenvalue weighted by molar-refractivity contribution is 5.70. The summed E-state index contributed by atoms with van der Waals surface area (Å²) in [7, 11) is 3.25. The minimum Gasteiger partial charge on any atom is -0.496 e. The highest BCUT2D eigenvalue weighted by Crippen LogP contribution is 2.33. The highest BCUT2D eigenvalue weighted by Gasteiger charge is 2.10. The number of allylic oxidation sites excluding steroid dienone is 1. The Labute approximate surface area is 176 Å². The molecule has 1 N–H and O–H groups in total. The number of hydrogen-bond acceptors (Lipinski definition) is 6. The third kappa shape index (κ3) is 4.97. The number of anilines is 2. The van der Waals surface area contributed by atoms with Gasteiger partial charge in [-0.05, 0) is 36.8 Å². The lowest BCUT2D eigenvalue weighted by molar-refractivity contribution is 0.321. The van der Waals surface area contributed by atoms with Crippen molar-refractivity contribution < 1.29 is 14.2 Å². The van der Waals surface area contributed by atoms with E-state index in [0.717, 1.165) is 28.3 Å². The van der Waals surface area contributed by atoms with E-state index < -0.39 is 0 Å². The molecule has 154 valence electrons. The predicted molar refractivity (Wildman–Crippen MR) is 120 cm³/mol. The fourth-order valence-corrected chi connectivity index (χ4v) is 2.86. The molecule has 0 spiro atoms. The van der Waals surface area contributed by atoms with E-state index in [9.17, 15) is 0 Å². The van der Waals surface area contributed by atoms with E-state index in [2.05, 4.69) is 21.9 Å². The summed E-state index contributed by atoms with van der Waals surface area (Å²) in [5, 5.41) is 3.29. The monoisotopic (exact) mass is 403 g/mol. The van der Waals surface area contributed by atoms with Gasteiger partial charge in [-0.2, -0.15) is 0 Å². The van der Waals surface area contributed by atoms with Crippen LogP contribution in [-0.2, 0) is 0 Å². The van der Waals surface area contributed by atoms with Crippen molar-refractivity contribution in [2.45, 2.75) is 6.92 Å². The number of aromatic nitrogens is 2. The molecule has 0 saturated carbocycles. The summed E-state index contributed by atoms with van der Waals surface area (Å²) in [5.74, 6) is 2.69. The molecule has 0 aliphatic carbocycles. The molecule has 0 aliphatic rings. The Balaban J connectivity index is 1.80. The Hall–Kier alpha value is -3.80. The number of hydrogen-bond donors (Lipinski definition) is 1. The molecule has 2 aromatic carbocycles. The normalized spacial score (nSPS) is 11.0. The maximum absolute atomic E-state index is 5.85. The largest absolute Gasteiger partial charge is 0.496 e. The van der Waals surface area contributed by atoms with Gasteiger partial charge in [0.15, 0.2) is 11.5 Å². The first-order valence-corrected chi connectivity index (χ1v) is 9.49. The van der Waals surface area contributed by atoms with Crippen LogP contribution in [0, 0.1) is 0 Å². The molecule has 0 atom stereocenters. The van der Waals surface area contributed by atoms with E-state index >= 15 is 0 Å². The maximum atomic E-state index is 5.85. The van der Waals surface area contributed by atoms with Crippen LogP contribution in [0.4, 0.5) is 11.5 Å². The van der Waals surface area contributed by atoms with Crippen LogP contribution in [0.25, 0.3) is 11.3 Å². The Morgan fingerprint density at radius 1 is 1.00 bits per heavy atom. The first-order valence-electron chi connectivity index (χ1n) is 9.49. The molecule has 1 heterocycles. The molecule has 1 aromatic heterocycles. The fourth-order valence-electron chi connectivity index (χ4n) is 2.86. The average Bonchev–Trinajstić information content (AvgIpc) is 2.80. The second-order valence-electron chi connectivity index (χ2n) is 6.34. The summed E-state index contributed by atoms with van der Waals surface area (Å²) in [5.41, 5.74) is 3.48. The van der Waals surface area contributed by atoms with Crippen molar-refractivity contribution in [1.82, 2.24) is 9.97 Å². The Kier molecular flexibility index (Phi) is 7.05. The fraction of sp³-hybridized carbons (Fsp3) is 0.167. The molecule has 0 bridgehead atoms. The van der Waals surface area contributed by atoms with Crippen molar-refractivity contribution in [3.63, 3.8) is 0 Å². The summed E-state index contributed by atoms with van der Waals surface area (Å²) in [4.78, 5) is 8.70. The zero-order chi connectivity index (χ0) is 21.3. The maximum Gasteiger partial charge on any atom is 0.162 e. The molecule has 6 nitrogen and oxygen atoms in total. The summed E-state index contributed by atoms with van der Waals surface area (Å²) in [6, 6.07) is 15.2. The smallest absolute Gasteiger partial charge is 0.162 e. The molecule has 0 radical (unpaired) electrons. The molecule has 0 unspecified atom stereocenters. The number of rotatable bonds is 9. The van der Waals surface area contributed by atoms with Crippen LogP contribution in [0.5, 0.6) is 17.2 Å². The Morgan fingerprint density at radius 3 is 2.53 bits per heavy atom. The lowest BCUT2D eigenvalue weighted by Gasteiger charge is -2.14. The van der Waals surface area contributed by atoms with Gasteiger partial charge in [0, 0.05) is 23.4 Å². The number of nitrogens with zero attached hydrogens (tertiary/aromatic N) is 2. The first-order chi connectivity index (χ1) is 14.7. The Morgan fingerprint density at radius 2 is 1.80 bits per heavy atom. The molecule has 3 aromatic rings. The van der Waals surface area contributed by atoms with Crippen LogP contribution in [0.3, 0.4) is 0 Å². The van der Waals surface area contributed by atoms with Crippen LogP contribution >= 0.6 is 0 Å². The second kappa shape index (κ2) is 10.1. The Bertz CT molecular complexity index is 1050. The minimum atomic E-state index is 0.428. The van der Waals surface area contributed by atoms with E-state index in [0.29, 0.717) is 23.9 Å². The minimum absolute atomic E-state index is 0.428. The number of para-hydroxylation sites is 1. The molecular weight excluding hydrogens is 378 g/mol. The standard InChI is InChI=1S/C24H25N3O3/c1-5-17(6-2)15-30-22-12-11-18(13-23(22)29-4)27-24-14-20(25-16-26-24)19-9-7-8-10-21(19)28-3/h5-14,16H,1,15H2,2-4H3,(H,25,26,27). The molecular formula is C24H25N3O3. The molecule has 0 saturated heterocycles. The highest BCUT2D eigenvalue weighted by atomic mass is 16.5. The van der Waals surface area contributed by atoms with E-state index in [1.54, 1.807) is 20.3 Å². The summed E-state index contributed by atoms with van der Waals surface area (Å²) >= 11 is 0. The molecule has 0 amide bonds. The van der Waals surface area contributed by atoms with Gasteiger partial charge in [0.1, 0.15) is 24.5 Å². The first kappa shape index (κ1) is 20.9. The van der Waals surface area contributed by atoms with Gasteiger partial charge in [-0.3, -0.25) is 0 Å². The SMILES string of the molecule is C=CC(=CC)COc1ccc(Nc2cc(-c3ccccc3OC)ncn2)cc1OC. The van der Waals surface area contributed by atoms with E-state index in [1.807, 2.05) is 61.5 Å². The molecule has 30 heavy (non-hydrogen) atoms. The summed E-state index contributed by atoms with van der Waals surface area (Å²) in [6.07, 6.45) is 5.26. The number of methoxy groups -OCH3 is 2. The van der Waals surface area contributed by atoms with Crippen molar-refractivity contribution in [2.75, 3.05) is 26.1 Å². The lowest BCUT2D eigenvalue weighted by Crippen LogP contribution is -2.02. The van der Waals surface area contributed by atoms with E-state index in [-0.39, 0.29) is 0 Å². The van der Waals surface area contributed by atoms with Crippen molar-refractivity contribution in [3.05, 3.63) is 79.2 Å². The van der Waals surface area contributed by atoms with Crippen LogP contribution in [0.2, 0.25) is 0 Å². The topological polar surface area (TPSA) is 65.5 Å². The molecule has 3 rings (SSSR count). The van der Waals surface area contributed by atoms with Crippen molar-refractivity contribution >= 4 is 11.5 Å². The lowest BCUT2D eigenvalue weighted by atomic mass is 10.1. The predicted octanol–water partition coefficient (Wildman–Crippen LogP) is 5.42. The zero-order valence-corrected chi connectivity index (χ0v) is 17.4. The van der Waals surface area contributed by atoms with Crippen LogP contribution in [0.1, 0.15) is 6.92 Å². The van der Waals surface area contributed by atoms with Crippen LogP contribution < -0.4 is 19.5 Å². The third-order valence-electron chi connectivity index (χ3n) is 4.51. The van der Waals surface area contributed by atoms with E-state index in [1.165, 1.54) is 6.33 Å². The van der Waals surface area contributed by atoms with Gasteiger partial charge in [0.25, 0.3) is 0 Å². The summed E-state index contributed by atoms with van der Waals surface area (Å²) < 4.78 is 16.8. The number of nitrogens with one attached hydrogen (secondary N) is 1. The average molecular weight is 403 g/mol. The van der Waals surface area contributed by atoms with Gasteiger partial charge in [0.05, 0.1) is 19.9 Å². The van der Waals surface area contributed by atoms with Gasteiger partial charge < -0.3 is 19.5 Å². The molecule has 0 fully saturated rings. The van der Waals surface area contributed by atoms with Crippen molar-refractivity contribution in [1.29, 1.82) is 0 Å². The van der Waals surface area contributed by atoms with Crippen LogP contribution in [0.15, 0.2) is 79.2 Å². The van der Waals surface area contributed by atoms with Crippen molar-refractivity contribution in [2.24, 2.45) is 0 Å². The quantitative estimate of drug-likeness (QED) is 0.482. The van der Waals surface area contributed by atoms with Gasteiger partial charge in [-0.15, -0.1) is 0 Å². The van der Waals surface area contributed by atoms with Gasteiger partial charge in [0.2, 0.25) is 0 Å². The third-order valence-corrected chi connectivity index (χ3v) is 4.51. The van der Waals surface area contributed by atoms with Crippen LogP contribution in [-0.4, -0.2) is 30.8 Å². The second-order valence-corrected chi connectivity index (χ2v) is 6.34. The number of benzene rings is 2. The molecule has 6 heteroatoms. The van der Waals surface area contributed by atoms with Gasteiger partial charge >= 0.3 is 0 Å². The molecule has 0 aliphatic heterocycles. The van der Waals surface area contributed by atoms with Gasteiger partial charge in [-0.1, -0.05) is 30.9 Å². The van der Waals surface area contributed by atoms with E-state index in [4.69, 9.17) is 14.2 Å². The summed E-state index contributed by atoms with van der Waals surface area (Å²) in [6.45, 7) is 6.16. The van der Waals surface area contributed by atoms with Crippen molar-refractivity contribution in [3.8, 4) is 28.5 Å². The number of ether oxygens (including phenoxy) is 3. The zero-order valence-electron chi connectivity index (χ0n) is 17.4. The van der Waals surface area contributed by atoms with Gasteiger partial charge in [-0.25, -0.2) is 9.97 Å².